The van der Waals surface area contributed by atoms with Gasteiger partial charge < -0.3 is 4.90 Å². The Balaban J connectivity index is 1.93. The molecule has 5 heteroatoms. The van der Waals surface area contributed by atoms with Crippen molar-refractivity contribution in [3.05, 3.63) is 29.8 Å². The van der Waals surface area contributed by atoms with Crippen molar-refractivity contribution in [2.24, 2.45) is 0 Å². The molecule has 19 heavy (non-hydrogen) atoms. The van der Waals surface area contributed by atoms with Crippen molar-refractivity contribution in [1.29, 1.82) is 0 Å². The number of carbonyl (C=O) groups is 1. The van der Waals surface area contributed by atoms with Gasteiger partial charge in [-0.05, 0) is 30.5 Å². The SMILES string of the molecule is CSc1ccc(C(=O)N2CCN(CCCl)CC2)cc1. The maximum Gasteiger partial charge on any atom is 0.253 e. The number of nitrogens with zero attached hydrogens (tertiary/aromatic N) is 2. The van der Waals surface area contributed by atoms with Crippen LogP contribution in [0.4, 0.5) is 0 Å². The molecule has 104 valence electrons. The Kier molecular flexibility index (Phi) is 5.55. The highest BCUT2D eigenvalue weighted by molar-refractivity contribution is 7.98. The van der Waals surface area contributed by atoms with Crippen molar-refractivity contribution in [1.82, 2.24) is 9.80 Å². The fraction of sp³-hybridized carbons (Fsp3) is 0.500. The predicted molar refractivity (Wildman–Crippen MR) is 81.3 cm³/mol. The Bertz CT molecular complexity index is 416. The van der Waals surface area contributed by atoms with Gasteiger partial charge in [0.15, 0.2) is 0 Å². The second-order valence-corrected chi connectivity index (χ2v) is 5.81. The lowest BCUT2D eigenvalue weighted by atomic mass is 10.2. The summed E-state index contributed by atoms with van der Waals surface area (Å²) in [5.74, 6) is 0.794. The summed E-state index contributed by atoms with van der Waals surface area (Å²) in [4.78, 5) is 17.8. The van der Waals surface area contributed by atoms with Crippen molar-refractivity contribution >= 4 is 29.3 Å². The van der Waals surface area contributed by atoms with Crippen LogP contribution in [-0.4, -0.2) is 60.6 Å². The Labute approximate surface area is 123 Å². The van der Waals surface area contributed by atoms with E-state index in [0.717, 1.165) is 38.3 Å². The maximum absolute atomic E-state index is 12.3. The lowest BCUT2D eigenvalue weighted by Gasteiger charge is -2.34. The number of alkyl halides is 1. The minimum Gasteiger partial charge on any atom is -0.336 e. The number of amides is 1. The monoisotopic (exact) mass is 298 g/mol. The van der Waals surface area contributed by atoms with Gasteiger partial charge in [0.1, 0.15) is 0 Å². The zero-order chi connectivity index (χ0) is 13.7. The second kappa shape index (κ2) is 7.17. The van der Waals surface area contributed by atoms with Crippen molar-refractivity contribution in [2.45, 2.75) is 4.90 Å². The van der Waals surface area contributed by atoms with E-state index in [-0.39, 0.29) is 5.91 Å². The first-order chi connectivity index (χ1) is 9.24. The summed E-state index contributed by atoms with van der Waals surface area (Å²) in [6.45, 7) is 4.33. The summed E-state index contributed by atoms with van der Waals surface area (Å²) in [6.07, 6.45) is 2.03. The van der Waals surface area contributed by atoms with Crippen LogP contribution >= 0.6 is 23.4 Å². The van der Waals surface area contributed by atoms with Crippen LogP contribution in [0.1, 0.15) is 10.4 Å². The van der Waals surface area contributed by atoms with Gasteiger partial charge in [0.2, 0.25) is 0 Å². The molecule has 1 aliphatic rings. The molecule has 0 aromatic heterocycles. The number of benzene rings is 1. The van der Waals surface area contributed by atoms with Crippen LogP contribution in [0.15, 0.2) is 29.2 Å². The highest BCUT2D eigenvalue weighted by Gasteiger charge is 2.21. The van der Waals surface area contributed by atoms with Gasteiger partial charge in [-0.1, -0.05) is 0 Å². The average Bonchev–Trinajstić information content (AvgIpc) is 2.48. The number of hydrogen-bond donors (Lipinski definition) is 0. The van der Waals surface area contributed by atoms with Crippen LogP contribution in [0, 0.1) is 0 Å². The van der Waals surface area contributed by atoms with Gasteiger partial charge in [0.05, 0.1) is 0 Å². The van der Waals surface area contributed by atoms with Crippen molar-refractivity contribution < 1.29 is 4.79 Å². The summed E-state index contributed by atoms with van der Waals surface area (Å²) < 4.78 is 0. The average molecular weight is 299 g/mol. The minimum absolute atomic E-state index is 0.137. The van der Waals surface area contributed by atoms with Gasteiger partial charge in [-0.3, -0.25) is 9.69 Å². The first-order valence-electron chi connectivity index (χ1n) is 6.46. The number of rotatable bonds is 4. The molecule has 1 aromatic rings. The lowest BCUT2D eigenvalue weighted by molar-refractivity contribution is 0.0644. The van der Waals surface area contributed by atoms with Crippen molar-refractivity contribution in [2.75, 3.05) is 44.9 Å². The van der Waals surface area contributed by atoms with E-state index in [1.807, 2.05) is 35.4 Å². The molecular weight excluding hydrogens is 280 g/mol. The molecule has 1 aliphatic heterocycles. The Morgan fingerprint density at radius 1 is 1.21 bits per heavy atom. The molecule has 0 atom stereocenters. The number of thioether (sulfide) groups is 1. The van der Waals surface area contributed by atoms with E-state index in [1.54, 1.807) is 11.8 Å². The fourth-order valence-electron chi connectivity index (χ4n) is 2.21. The molecule has 2 rings (SSSR count). The molecule has 1 amide bonds. The molecule has 1 fully saturated rings. The van der Waals surface area contributed by atoms with Crippen LogP contribution in [0.5, 0.6) is 0 Å². The van der Waals surface area contributed by atoms with Crippen molar-refractivity contribution in [3.63, 3.8) is 0 Å². The molecule has 3 nitrogen and oxygen atoms in total. The Hall–Kier alpha value is -0.710. The summed E-state index contributed by atoms with van der Waals surface area (Å²) in [6, 6.07) is 7.84. The summed E-state index contributed by atoms with van der Waals surface area (Å²) in [5, 5.41) is 0. The van der Waals surface area contributed by atoms with Crippen LogP contribution in [0.25, 0.3) is 0 Å². The first kappa shape index (κ1) is 14.7. The van der Waals surface area contributed by atoms with Crippen LogP contribution in [0.2, 0.25) is 0 Å². The Morgan fingerprint density at radius 3 is 2.37 bits per heavy atom. The number of piperazine rings is 1. The molecule has 1 heterocycles. The minimum atomic E-state index is 0.137. The normalized spacial score (nSPS) is 16.6. The van der Waals surface area contributed by atoms with Crippen LogP contribution < -0.4 is 0 Å². The third-order valence-electron chi connectivity index (χ3n) is 3.40. The van der Waals surface area contributed by atoms with E-state index in [0.29, 0.717) is 5.88 Å². The van der Waals surface area contributed by atoms with E-state index < -0.39 is 0 Å². The molecule has 0 unspecified atom stereocenters. The summed E-state index contributed by atoms with van der Waals surface area (Å²) in [7, 11) is 0. The van der Waals surface area contributed by atoms with Gasteiger partial charge in [0.25, 0.3) is 5.91 Å². The fourth-order valence-corrected chi connectivity index (χ4v) is 2.86. The largest absolute Gasteiger partial charge is 0.336 e. The van der Waals surface area contributed by atoms with E-state index in [4.69, 9.17) is 11.6 Å². The molecule has 0 spiro atoms. The molecule has 1 aromatic carbocycles. The van der Waals surface area contributed by atoms with Crippen LogP contribution in [-0.2, 0) is 0 Å². The van der Waals surface area contributed by atoms with Gasteiger partial charge in [0, 0.05) is 49.1 Å². The van der Waals surface area contributed by atoms with Gasteiger partial charge in [-0.25, -0.2) is 0 Å². The molecule has 0 radical (unpaired) electrons. The lowest BCUT2D eigenvalue weighted by Crippen LogP contribution is -2.49. The number of halogens is 1. The number of carbonyl (C=O) groups excluding carboxylic acids is 1. The molecule has 1 saturated heterocycles. The van der Waals surface area contributed by atoms with Crippen LogP contribution in [0.3, 0.4) is 0 Å². The maximum atomic E-state index is 12.3. The third-order valence-corrected chi connectivity index (χ3v) is 4.31. The molecule has 0 N–H and O–H groups in total. The highest BCUT2D eigenvalue weighted by Crippen LogP contribution is 2.16. The van der Waals surface area contributed by atoms with E-state index in [2.05, 4.69) is 4.90 Å². The van der Waals surface area contributed by atoms with Gasteiger partial charge >= 0.3 is 0 Å². The number of hydrogen-bond acceptors (Lipinski definition) is 3. The summed E-state index contributed by atoms with van der Waals surface area (Å²) in [5.41, 5.74) is 0.781. The second-order valence-electron chi connectivity index (χ2n) is 4.55. The summed E-state index contributed by atoms with van der Waals surface area (Å²) >= 11 is 7.42. The van der Waals surface area contributed by atoms with E-state index in [9.17, 15) is 4.79 Å². The first-order valence-corrected chi connectivity index (χ1v) is 8.22. The standard InChI is InChI=1S/C14H19ClN2OS/c1-19-13-4-2-12(3-5-13)14(18)17-10-8-16(7-6-15)9-11-17/h2-5H,6-11H2,1H3. The smallest absolute Gasteiger partial charge is 0.253 e. The predicted octanol–water partition coefficient (Wildman–Crippen LogP) is 2.41. The van der Waals surface area contributed by atoms with Gasteiger partial charge in [-0.15, -0.1) is 23.4 Å². The third kappa shape index (κ3) is 3.88. The quantitative estimate of drug-likeness (QED) is 0.630. The van der Waals surface area contributed by atoms with E-state index >= 15 is 0 Å². The molecular formula is C14H19ClN2OS. The molecule has 0 aliphatic carbocycles. The highest BCUT2D eigenvalue weighted by atomic mass is 35.5. The van der Waals surface area contributed by atoms with Gasteiger partial charge in [-0.2, -0.15) is 0 Å². The Morgan fingerprint density at radius 2 is 1.84 bits per heavy atom. The topological polar surface area (TPSA) is 23.6 Å². The molecule has 0 bridgehead atoms. The van der Waals surface area contributed by atoms with Crippen molar-refractivity contribution in [3.8, 4) is 0 Å². The zero-order valence-electron chi connectivity index (χ0n) is 11.1. The van der Waals surface area contributed by atoms with E-state index in [1.165, 1.54) is 4.90 Å². The zero-order valence-corrected chi connectivity index (χ0v) is 12.7. The molecule has 0 saturated carbocycles.